The molecule has 156 valence electrons. The van der Waals surface area contributed by atoms with Gasteiger partial charge in [-0.1, -0.05) is 11.8 Å². The van der Waals surface area contributed by atoms with Gasteiger partial charge in [-0.15, -0.1) is 11.3 Å². The number of anilines is 1. The molecule has 3 aromatic rings. The second kappa shape index (κ2) is 8.89. The second-order valence-corrected chi connectivity index (χ2v) is 8.37. The Kier molecular flexibility index (Phi) is 6.48. The maximum atomic E-state index is 12.3. The van der Waals surface area contributed by atoms with E-state index in [2.05, 4.69) is 20.0 Å². The van der Waals surface area contributed by atoms with Crippen molar-refractivity contribution in [2.24, 2.45) is 0 Å². The first-order valence-corrected chi connectivity index (χ1v) is 10.3. The highest BCUT2D eigenvalue weighted by Crippen LogP contribution is 2.34. The first-order valence-electron chi connectivity index (χ1n) is 8.55. The number of thioether (sulfide) groups is 1. The van der Waals surface area contributed by atoms with Crippen LogP contribution in [0.25, 0.3) is 10.2 Å². The lowest BCUT2D eigenvalue weighted by Gasteiger charge is -2.12. The summed E-state index contributed by atoms with van der Waals surface area (Å²) in [7, 11) is 0. The second-order valence-electron chi connectivity index (χ2n) is 6.21. The molecule has 0 unspecified atom stereocenters. The number of rotatable bonds is 6. The fourth-order valence-electron chi connectivity index (χ4n) is 2.57. The molecule has 1 amide bonds. The molecule has 0 bridgehead atoms. The lowest BCUT2D eigenvalue weighted by atomic mass is 10.2. The van der Waals surface area contributed by atoms with Crippen LogP contribution in [0.2, 0.25) is 0 Å². The Morgan fingerprint density at radius 3 is 2.80 bits per heavy atom. The van der Waals surface area contributed by atoms with E-state index in [0.29, 0.717) is 5.03 Å². The zero-order valence-electron chi connectivity index (χ0n) is 15.8. The molecule has 6 nitrogen and oxygen atoms in total. The number of nitriles is 1. The Morgan fingerprint density at radius 2 is 2.10 bits per heavy atom. The molecule has 0 saturated heterocycles. The van der Waals surface area contributed by atoms with Gasteiger partial charge in [-0.05, 0) is 37.6 Å². The number of nitrogens with zero attached hydrogens (tertiary/aromatic N) is 3. The summed E-state index contributed by atoms with van der Waals surface area (Å²) < 4.78 is 41.5. The van der Waals surface area contributed by atoms with Crippen LogP contribution < -0.4 is 10.1 Å². The lowest BCUT2D eigenvalue weighted by molar-refractivity contribution is -0.153. The smallest absolute Gasteiger partial charge is 0.422 e. The molecule has 0 aliphatic carbocycles. The number of fused-ring (bicyclic) bond motifs is 1. The predicted molar refractivity (Wildman–Crippen MR) is 109 cm³/mol. The minimum absolute atomic E-state index is 0.0641. The number of hydrogen-bond donors (Lipinski definition) is 1. The van der Waals surface area contributed by atoms with E-state index in [1.807, 2.05) is 13.8 Å². The van der Waals surface area contributed by atoms with Crippen molar-refractivity contribution in [3.63, 3.8) is 0 Å². The molecule has 2 heterocycles. The van der Waals surface area contributed by atoms with Crippen molar-refractivity contribution in [1.82, 2.24) is 9.97 Å². The Bertz CT molecular complexity index is 1140. The Hall–Kier alpha value is -2.84. The molecule has 0 fully saturated rings. The van der Waals surface area contributed by atoms with Gasteiger partial charge in [0, 0.05) is 16.0 Å². The van der Waals surface area contributed by atoms with Crippen molar-refractivity contribution in [3.8, 4) is 11.8 Å². The molecule has 0 aliphatic heterocycles. The summed E-state index contributed by atoms with van der Waals surface area (Å²) in [4.78, 5) is 22.8. The van der Waals surface area contributed by atoms with E-state index in [0.717, 1.165) is 20.7 Å². The molecule has 11 heteroatoms. The van der Waals surface area contributed by atoms with E-state index in [1.54, 1.807) is 17.4 Å². The van der Waals surface area contributed by atoms with Crippen LogP contribution in [0.3, 0.4) is 0 Å². The summed E-state index contributed by atoms with van der Waals surface area (Å²) in [6.45, 7) is 2.48. The highest BCUT2D eigenvalue weighted by atomic mass is 32.2. The fraction of sp³-hybridized carbons (Fsp3) is 0.263. The summed E-state index contributed by atoms with van der Waals surface area (Å²) in [6, 6.07) is 5.63. The van der Waals surface area contributed by atoms with E-state index >= 15 is 0 Å². The third kappa shape index (κ3) is 5.20. The average Bonchev–Trinajstić information content (AvgIpc) is 2.99. The van der Waals surface area contributed by atoms with Gasteiger partial charge in [0.05, 0.1) is 11.3 Å². The van der Waals surface area contributed by atoms with Gasteiger partial charge in [0.2, 0.25) is 5.91 Å². The minimum Gasteiger partial charge on any atom is -0.483 e. The quantitative estimate of drug-likeness (QED) is 0.425. The van der Waals surface area contributed by atoms with Crippen molar-refractivity contribution < 1.29 is 22.7 Å². The molecule has 0 spiro atoms. The van der Waals surface area contributed by atoms with Gasteiger partial charge in [-0.3, -0.25) is 4.79 Å². The zero-order valence-corrected chi connectivity index (χ0v) is 17.5. The van der Waals surface area contributed by atoms with Crippen LogP contribution in [0.1, 0.15) is 16.0 Å². The topological polar surface area (TPSA) is 87.9 Å². The van der Waals surface area contributed by atoms with E-state index in [4.69, 9.17) is 5.26 Å². The number of nitrogens with one attached hydrogen (secondary N) is 1. The summed E-state index contributed by atoms with van der Waals surface area (Å²) in [5, 5.41) is 13.4. The average molecular weight is 452 g/mol. The zero-order chi connectivity index (χ0) is 21.9. The number of aromatic nitrogens is 2. The van der Waals surface area contributed by atoms with Gasteiger partial charge < -0.3 is 10.1 Å². The number of thiophene rings is 1. The number of halogens is 3. The number of benzene rings is 1. The number of hydrogen-bond acceptors (Lipinski definition) is 7. The molecule has 2 aromatic heterocycles. The lowest BCUT2D eigenvalue weighted by Crippen LogP contribution is -2.19. The highest BCUT2D eigenvalue weighted by molar-refractivity contribution is 8.00. The van der Waals surface area contributed by atoms with Gasteiger partial charge in [-0.25, -0.2) is 9.97 Å². The van der Waals surface area contributed by atoms with E-state index < -0.39 is 12.8 Å². The van der Waals surface area contributed by atoms with Crippen molar-refractivity contribution in [1.29, 1.82) is 5.26 Å². The maximum Gasteiger partial charge on any atom is 0.422 e. The molecule has 1 N–H and O–H groups in total. The normalized spacial score (nSPS) is 11.3. The van der Waals surface area contributed by atoms with E-state index in [9.17, 15) is 18.0 Å². The van der Waals surface area contributed by atoms with Crippen LogP contribution in [0, 0.1) is 25.2 Å². The number of aryl methyl sites for hydroxylation is 2. The molecule has 0 aliphatic rings. The van der Waals surface area contributed by atoms with Crippen molar-refractivity contribution in [2.45, 2.75) is 25.0 Å². The largest absolute Gasteiger partial charge is 0.483 e. The summed E-state index contributed by atoms with van der Waals surface area (Å²) in [5.41, 5.74) is 1.25. The van der Waals surface area contributed by atoms with Crippen LogP contribution in [0.5, 0.6) is 5.75 Å². The number of carbonyl (C=O) groups is 1. The van der Waals surface area contributed by atoms with Gasteiger partial charge in [0.1, 0.15) is 28.0 Å². The highest BCUT2D eigenvalue weighted by Gasteiger charge is 2.29. The number of carbonyl (C=O) groups excluding carboxylic acids is 1. The van der Waals surface area contributed by atoms with Crippen molar-refractivity contribution in [3.05, 3.63) is 40.5 Å². The summed E-state index contributed by atoms with van der Waals surface area (Å²) in [5.74, 6) is -0.479. The minimum atomic E-state index is -4.51. The molecule has 1 aromatic carbocycles. The van der Waals surface area contributed by atoms with Gasteiger partial charge in [-0.2, -0.15) is 18.4 Å². The molecule has 0 saturated carbocycles. The Morgan fingerprint density at radius 1 is 1.33 bits per heavy atom. The molecule has 0 atom stereocenters. The summed E-state index contributed by atoms with van der Waals surface area (Å²) in [6.07, 6.45) is -3.06. The monoisotopic (exact) mass is 452 g/mol. The summed E-state index contributed by atoms with van der Waals surface area (Å²) >= 11 is 2.82. The van der Waals surface area contributed by atoms with Crippen molar-refractivity contribution in [2.75, 3.05) is 17.7 Å². The SMILES string of the molecule is Cc1sc2ncnc(SCC(=O)Nc3ccc(OCC(F)(F)F)c(C#N)c3)c2c1C. The predicted octanol–water partition coefficient (Wildman–Crippen LogP) is 4.85. The van der Waals surface area contributed by atoms with Crippen LogP contribution in [0.15, 0.2) is 29.6 Å². The molecule has 3 rings (SSSR count). The molecular weight excluding hydrogens is 437 g/mol. The third-order valence-electron chi connectivity index (χ3n) is 4.05. The Labute approximate surface area is 178 Å². The first-order chi connectivity index (χ1) is 14.2. The van der Waals surface area contributed by atoms with E-state index in [1.165, 1.54) is 36.3 Å². The van der Waals surface area contributed by atoms with Crippen LogP contribution in [-0.2, 0) is 4.79 Å². The maximum absolute atomic E-state index is 12.3. The first kappa shape index (κ1) is 21.9. The molecule has 0 radical (unpaired) electrons. The molecular formula is C19H15F3N4O2S2. The number of ether oxygens (including phenoxy) is 1. The third-order valence-corrected chi connectivity index (χ3v) is 6.15. The number of amides is 1. The van der Waals surface area contributed by atoms with Crippen LogP contribution in [0.4, 0.5) is 18.9 Å². The number of alkyl halides is 3. The van der Waals surface area contributed by atoms with E-state index in [-0.39, 0.29) is 28.7 Å². The van der Waals surface area contributed by atoms with Crippen LogP contribution in [-0.4, -0.2) is 34.4 Å². The van der Waals surface area contributed by atoms with Gasteiger partial charge >= 0.3 is 6.18 Å². The fourth-order valence-corrected chi connectivity index (χ4v) is 4.49. The van der Waals surface area contributed by atoms with Crippen LogP contribution >= 0.6 is 23.1 Å². The Balaban J connectivity index is 1.66. The van der Waals surface area contributed by atoms with Gasteiger partial charge in [0.15, 0.2) is 6.61 Å². The van der Waals surface area contributed by atoms with Gasteiger partial charge in [0.25, 0.3) is 0 Å². The van der Waals surface area contributed by atoms with Crippen molar-refractivity contribution >= 4 is 44.9 Å². The molecule has 30 heavy (non-hydrogen) atoms. The standard InChI is InChI=1S/C19H15F3N4O2S2/c1-10-11(2)30-18-16(10)17(24-9-25-18)29-7-15(27)26-13-3-4-14(12(5-13)6-23)28-8-19(20,21)22/h3-5,9H,7-8H2,1-2H3,(H,26,27).